The Morgan fingerprint density at radius 1 is 1.04 bits per heavy atom. The maximum atomic E-state index is 12.7. The molecule has 8 heteroatoms. The van der Waals surface area contributed by atoms with E-state index in [1.807, 2.05) is 18.2 Å². The monoisotopic (exact) mass is 363 g/mol. The molecule has 3 rings (SSSR count). The fourth-order valence-electron chi connectivity index (χ4n) is 2.86. The van der Waals surface area contributed by atoms with Crippen molar-refractivity contribution >= 4 is 15.7 Å². The molecular weight excluding hydrogens is 342 g/mol. The van der Waals surface area contributed by atoms with Gasteiger partial charge in [-0.25, -0.2) is 8.42 Å². The number of aromatic nitrogens is 1. The molecule has 1 aromatic heterocycles. The van der Waals surface area contributed by atoms with Crippen molar-refractivity contribution in [3.05, 3.63) is 42.7 Å². The van der Waals surface area contributed by atoms with E-state index in [0.29, 0.717) is 31.9 Å². The molecule has 0 radical (unpaired) electrons. The number of nitrogens with zero attached hydrogens (tertiary/aromatic N) is 3. The lowest BCUT2D eigenvalue weighted by molar-refractivity contribution is 0.375. The fourth-order valence-corrected chi connectivity index (χ4v) is 4.25. The number of piperazine rings is 1. The van der Waals surface area contributed by atoms with Gasteiger partial charge in [0.15, 0.2) is 0 Å². The Balaban J connectivity index is 1.74. The number of pyridine rings is 1. The normalized spacial score (nSPS) is 15.8. The molecule has 0 saturated carbocycles. The van der Waals surface area contributed by atoms with Gasteiger partial charge in [0.2, 0.25) is 10.0 Å². The molecule has 0 atom stereocenters. The average Bonchev–Trinajstić information content (AvgIpc) is 2.68. The maximum absolute atomic E-state index is 12.7. The Labute approximate surface area is 147 Å². The zero-order valence-electron chi connectivity index (χ0n) is 14.3. The minimum Gasteiger partial charge on any atom is -0.497 e. The molecule has 0 N–H and O–H groups in total. The largest absolute Gasteiger partial charge is 0.497 e. The third-order valence-electron chi connectivity index (χ3n) is 4.24. The predicted octanol–water partition coefficient (Wildman–Crippen LogP) is 1.61. The van der Waals surface area contributed by atoms with Crippen LogP contribution in [0.3, 0.4) is 0 Å². The third-order valence-corrected chi connectivity index (χ3v) is 6.12. The first kappa shape index (κ1) is 17.5. The van der Waals surface area contributed by atoms with Gasteiger partial charge < -0.3 is 14.4 Å². The summed E-state index contributed by atoms with van der Waals surface area (Å²) >= 11 is 0. The van der Waals surface area contributed by atoms with E-state index < -0.39 is 10.0 Å². The van der Waals surface area contributed by atoms with Gasteiger partial charge in [0.25, 0.3) is 0 Å². The van der Waals surface area contributed by atoms with Crippen LogP contribution < -0.4 is 14.4 Å². The van der Waals surface area contributed by atoms with E-state index in [1.54, 1.807) is 32.5 Å². The molecule has 7 nitrogen and oxygen atoms in total. The number of methoxy groups -OCH3 is 2. The van der Waals surface area contributed by atoms with Gasteiger partial charge in [0, 0.05) is 44.6 Å². The Morgan fingerprint density at radius 3 is 2.40 bits per heavy atom. The Bertz CT molecular complexity index is 819. The number of ether oxygens (including phenoxy) is 2. The molecule has 134 valence electrons. The van der Waals surface area contributed by atoms with Gasteiger partial charge in [-0.2, -0.15) is 4.31 Å². The van der Waals surface area contributed by atoms with E-state index >= 15 is 0 Å². The van der Waals surface area contributed by atoms with Crippen molar-refractivity contribution in [1.29, 1.82) is 0 Å². The van der Waals surface area contributed by atoms with Gasteiger partial charge >= 0.3 is 0 Å². The van der Waals surface area contributed by atoms with E-state index in [2.05, 4.69) is 9.88 Å². The van der Waals surface area contributed by atoms with E-state index in [9.17, 15) is 8.42 Å². The summed E-state index contributed by atoms with van der Waals surface area (Å²) in [5, 5.41) is 0. The number of hydrogen-bond acceptors (Lipinski definition) is 6. The van der Waals surface area contributed by atoms with Crippen LogP contribution in [-0.2, 0) is 10.0 Å². The van der Waals surface area contributed by atoms with Gasteiger partial charge in [-0.1, -0.05) is 0 Å². The number of benzene rings is 1. The number of anilines is 1. The highest BCUT2D eigenvalue weighted by molar-refractivity contribution is 7.89. The van der Waals surface area contributed by atoms with Gasteiger partial charge in [-0.15, -0.1) is 0 Å². The Hall–Kier alpha value is -2.32. The van der Waals surface area contributed by atoms with Crippen LogP contribution in [0.2, 0.25) is 0 Å². The maximum Gasteiger partial charge on any atom is 0.244 e. The number of hydrogen-bond donors (Lipinski definition) is 0. The van der Waals surface area contributed by atoms with Crippen molar-refractivity contribution < 1.29 is 17.9 Å². The lowest BCUT2D eigenvalue weighted by Gasteiger charge is -2.35. The standard InChI is InChI=1S/C17H21N3O4S/c1-23-14-5-6-16(17(12-14)24-2)19-8-10-20(11-9-19)25(21,22)15-4-3-7-18-13-15/h3-7,12-13H,8-11H2,1-2H3. The molecule has 1 saturated heterocycles. The highest BCUT2D eigenvalue weighted by atomic mass is 32.2. The smallest absolute Gasteiger partial charge is 0.244 e. The number of sulfonamides is 1. The fraction of sp³-hybridized carbons (Fsp3) is 0.353. The van der Waals surface area contributed by atoms with Crippen molar-refractivity contribution in [2.24, 2.45) is 0 Å². The van der Waals surface area contributed by atoms with Gasteiger partial charge in [-0.3, -0.25) is 4.98 Å². The predicted molar refractivity (Wildman–Crippen MR) is 94.8 cm³/mol. The van der Waals surface area contributed by atoms with Crippen LogP contribution in [0.15, 0.2) is 47.6 Å². The second kappa shape index (κ2) is 7.28. The highest BCUT2D eigenvalue weighted by Crippen LogP contribution is 2.33. The first-order valence-electron chi connectivity index (χ1n) is 7.93. The topological polar surface area (TPSA) is 72.0 Å². The molecule has 0 amide bonds. The first-order valence-corrected chi connectivity index (χ1v) is 9.37. The summed E-state index contributed by atoms with van der Waals surface area (Å²) in [7, 11) is -0.281. The summed E-state index contributed by atoms with van der Waals surface area (Å²) in [5.74, 6) is 1.43. The zero-order chi connectivity index (χ0) is 17.9. The first-order chi connectivity index (χ1) is 12.1. The van der Waals surface area contributed by atoms with Gasteiger partial charge in [-0.05, 0) is 24.3 Å². The quantitative estimate of drug-likeness (QED) is 0.804. The molecule has 0 aliphatic carbocycles. The van der Waals surface area contributed by atoms with Crippen LogP contribution in [0.25, 0.3) is 0 Å². The molecule has 1 aliphatic heterocycles. The van der Waals surface area contributed by atoms with E-state index in [0.717, 1.165) is 11.4 Å². The molecule has 0 bridgehead atoms. The molecule has 0 unspecified atom stereocenters. The summed E-state index contributed by atoms with van der Waals surface area (Å²) in [4.78, 5) is 6.25. The van der Waals surface area contributed by atoms with Gasteiger partial charge in [0.05, 0.1) is 19.9 Å². The van der Waals surface area contributed by atoms with Crippen LogP contribution in [-0.4, -0.2) is 58.1 Å². The number of rotatable bonds is 5. The minimum absolute atomic E-state index is 0.227. The molecular formula is C17H21N3O4S. The SMILES string of the molecule is COc1ccc(N2CCN(S(=O)(=O)c3cccnc3)CC2)c(OC)c1. The average molecular weight is 363 g/mol. The van der Waals surface area contributed by atoms with Crippen LogP contribution in [0.4, 0.5) is 5.69 Å². The lowest BCUT2D eigenvalue weighted by atomic mass is 10.2. The van der Waals surface area contributed by atoms with Gasteiger partial charge in [0.1, 0.15) is 16.4 Å². The molecule has 2 aromatic rings. The highest BCUT2D eigenvalue weighted by Gasteiger charge is 2.29. The summed E-state index contributed by atoms with van der Waals surface area (Å²) in [5.41, 5.74) is 0.932. The lowest BCUT2D eigenvalue weighted by Crippen LogP contribution is -2.48. The molecule has 0 spiro atoms. The summed E-state index contributed by atoms with van der Waals surface area (Å²) in [6.07, 6.45) is 2.95. The third kappa shape index (κ3) is 3.54. The van der Waals surface area contributed by atoms with E-state index in [4.69, 9.17) is 9.47 Å². The second-order valence-electron chi connectivity index (χ2n) is 5.62. The van der Waals surface area contributed by atoms with Crippen molar-refractivity contribution in [2.75, 3.05) is 45.3 Å². The van der Waals surface area contributed by atoms with Crippen LogP contribution >= 0.6 is 0 Å². The van der Waals surface area contributed by atoms with Crippen molar-refractivity contribution in [3.63, 3.8) is 0 Å². The second-order valence-corrected chi connectivity index (χ2v) is 7.56. The van der Waals surface area contributed by atoms with Crippen LogP contribution in [0.5, 0.6) is 11.5 Å². The van der Waals surface area contributed by atoms with E-state index in [-0.39, 0.29) is 4.90 Å². The summed E-state index contributed by atoms with van der Waals surface area (Å²) in [6, 6.07) is 8.83. The Morgan fingerprint density at radius 2 is 1.80 bits per heavy atom. The van der Waals surface area contributed by atoms with Crippen molar-refractivity contribution in [2.45, 2.75) is 4.90 Å². The molecule has 1 fully saturated rings. The summed E-state index contributed by atoms with van der Waals surface area (Å²) in [6.45, 7) is 1.99. The minimum atomic E-state index is -3.50. The van der Waals surface area contributed by atoms with E-state index in [1.165, 1.54) is 10.5 Å². The molecule has 25 heavy (non-hydrogen) atoms. The van der Waals surface area contributed by atoms with Crippen molar-refractivity contribution in [3.8, 4) is 11.5 Å². The molecule has 2 heterocycles. The zero-order valence-corrected chi connectivity index (χ0v) is 15.1. The van der Waals surface area contributed by atoms with Crippen LogP contribution in [0.1, 0.15) is 0 Å². The van der Waals surface area contributed by atoms with Crippen molar-refractivity contribution in [1.82, 2.24) is 9.29 Å². The molecule has 1 aromatic carbocycles. The molecule has 1 aliphatic rings. The van der Waals surface area contributed by atoms with Crippen LogP contribution in [0, 0.1) is 0 Å². The Kier molecular flexibility index (Phi) is 5.10. The summed E-state index contributed by atoms with van der Waals surface area (Å²) < 4.78 is 37.5.